The summed E-state index contributed by atoms with van der Waals surface area (Å²) in [6.07, 6.45) is 30.9. The van der Waals surface area contributed by atoms with Crippen LogP contribution in [0.15, 0.2) is 109 Å². The van der Waals surface area contributed by atoms with E-state index < -0.39 is 0 Å². The largest absolute Gasteiger partial charge is 1.00 e. The van der Waals surface area contributed by atoms with Crippen LogP contribution in [0.2, 0.25) is 0 Å². The molecule has 36 heavy (non-hydrogen) atoms. The van der Waals surface area contributed by atoms with E-state index in [1.165, 1.54) is 36.5 Å². The molecule has 0 nitrogen and oxygen atoms in total. The molecule has 0 unspecified atom stereocenters. The van der Waals surface area contributed by atoms with E-state index >= 15 is 0 Å². The van der Waals surface area contributed by atoms with Crippen molar-refractivity contribution in [1.29, 1.82) is 0 Å². The third-order valence-electron chi connectivity index (χ3n) is 1.82. The monoisotopic (exact) mass is 540 g/mol. The van der Waals surface area contributed by atoms with E-state index in [2.05, 4.69) is 0 Å². The molecule has 0 spiro atoms. The Kier molecular flexibility index (Phi) is 253. The number of allylic oxidation sites excluding steroid dienone is 18. The standard InChI is InChI=1S/6C5H7.6Na/c6*1-3-5-4-2;;;;;;/h6*1,3-5H,2H3;;;;;;/q6*-1;6*+1. The van der Waals surface area contributed by atoms with Gasteiger partial charge in [0.2, 0.25) is 0 Å². The minimum absolute atomic E-state index is 0. The van der Waals surface area contributed by atoms with Gasteiger partial charge in [-0.1, -0.05) is 41.5 Å². The molecular formula is C30H42Na6. The molecule has 0 bridgehead atoms. The molecular weight excluding hydrogens is 498 g/mol. The summed E-state index contributed by atoms with van der Waals surface area (Å²) < 4.78 is 0. The molecule has 0 aliphatic rings. The fourth-order valence-corrected chi connectivity index (χ4v) is 0.667. The predicted molar refractivity (Wildman–Crippen MR) is 142 cm³/mol. The van der Waals surface area contributed by atoms with Crippen LogP contribution in [-0.2, 0) is 0 Å². The van der Waals surface area contributed by atoms with Gasteiger partial charge in [0.25, 0.3) is 0 Å². The Morgan fingerprint density at radius 1 is 0.250 bits per heavy atom. The van der Waals surface area contributed by atoms with Gasteiger partial charge in [0, 0.05) is 0 Å². The molecule has 6 heteroatoms. The molecule has 0 N–H and O–H groups in total. The van der Waals surface area contributed by atoms with Gasteiger partial charge in [0.15, 0.2) is 0 Å². The van der Waals surface area contributed by atoms with Crippen molar-refractivity contribution in [2.75, 3.05) is 0 Å². The second-order valence-corrected chi connectivity index (χ2v) is 4.31. The first-order valence-corrected chi connectivity index (χ1v) is 9.46. The maximum atomic E-state index is 4.93. The Bertz CT molecular complexity index is 399. The van der Waals surface area contributed by atoms with Gasteiger partial charge in [-0.3, -0.25) is 39.5 Å². The SMILES string of the molecule is [CH-]=CC=CC.[CH-]=CC=CC.[CH-]=CC=CC.[CH-]=CC=CC.[CH-]=CC=CC.[CH-]=CC=CC.[Na+].[Na+].[Na+].[Na+].[Na+].[Na+]. The zero-order valence-electron chi connectivity index (χ0n) is 25.9. The van der Waals surface area contributed by atoms with E-state index in [1.807, 2.05) is 78.0 Å². The van der Waals surface area contributed by atoms with Gasteiger partial charge >= 0.3 is 177 Å². The van der Waals surface area contributed by atoms with Gasteiger partial charge in [-0.15, -0.1) is 0 Å². The summed E-state index contributed by atoms with van der Waals surface area (Å²) in [5.74, 6) is 0. The van der Waals surface area contributed by atoms with Crippen LogP contribution in [0.5, 0.6) is 0 Å². The summed E-state index contributed by atoms with van der Waals surface area (Å²) >= 11 is 0. The molecule has 0 heterocycles. The summed E-state index contributed by atoms with van der Waals surface area (Å²) in [5, 5.41) is 0. The summed E-state index contributed by atoms with van der Waals surface area (Å²) in [5.41, 5.74) is 0. The Balaban J connectivity index is -0.0000000186. The molecule has 0 saturated heterocycles. The number of rotatable bonds is 6. The Labute approximate surface area is 361 Å². The molecule has 0 amide bonds. The van der Waals surface area contributed by atoms with Crippen molar-refractivity contribution < 1.29 is 177 Å². The summed E-state index contributed by atoms with van der Waals surface area (Å²) in [6.45, 7) is 41.1. The van der Waals surface area contributed by atoms with E-state index in [0.29, 0.717) is 0 Å². The maximum Gasteiger partial charge on any atom is 1.00 e. The molecule has 0 aromatic heterocycles. The fourth-order valence-electron chi connectivity index (χ4n) is 0.667. The van der Waals surface area contributed by atoms with Crippen LogP contribution < -0.4 is 177 Å². The van der Waals surface area contributed by atoms with Gasteiger partial charge < -0.3 is 0 Å². The summed E-state index contributed by atoms with van der Waals surface area (Å²) in [7, 11) is 0. The maximum absolute atomic E-state index is 4.93. The molecule has 0 aromatic carbocycles. The van der Waals surface area contributed by atoms with E-state index in [4.69, 9.17) is 39.5 Å². The zero-order valence-corrected chi connectivity index (χ0v) is 37.9. The number of hydrogen-bond donors (Lipinski definition) is 0. The number of hydrogen-bond acceptors (Lipinski definition) is 0. The van der Waals surface area contributed by atoms with E-state index in [9.17, 15) is 0 Å². The molecule has 0 saturated carbocycles. The molecule has 0 atom stereocenters. The van der Waals surface area contributed by atoms with Gasteiger partial charge in [-0.25, -0.2) is 72.9 Å². The van der Waals surface area contributed by atoms with E-state index in [-0.39, 0.29) is 177 Å². The van der Waals surface area contributed by atoms with Crippen molar-refractivity contribution in [2.45, 2.75) is 41.5 Å². The van der Waals surface area contributed by atoms with Gasteiger partial charge in [0.1, 0.15) is 0 Å². The Morgan fingerprint density at radius 2 is 0.333 bits per heavy atom. The van der Waals surface area contributed by atoms with E-state index in [1.54, 1.807) is 36.5 Å². The van der Waals surface area contributed by atoms with Gasteiger partial charge in [-0.05, 0) is 0 Å². The van der Waals surface area contributed by atoms with Crippen molar-refractivity contribution in [3.8, 4) is 0 Å². The minimum atomic E-state index is 0. The van der Waals surface area contributed by atoms with Gasteiger partial charge in [0.05, 0.1) is 0 Å². The molecule has 168 valence electrons. The van der Waals surface area contributed by atoms with Crippen LogP contribution in [0.3, 0.4) is 0 Å². The summed E-state index contributed by atoms with van der Waals surface area (Å²) in [4.78, 5) is 0. The van der Waals surface area contributed by atoms with E-state index in [0.717, 1.165) is 0 Å². The van der Waals surface area contributed by atoms with Crippen LogP contribution in [0.4, 0.5) is 0 Å². The topological polar surface area (TPSA) is 0 Å². The van der Waals surface area contributed by atoms with Crippen molar-refractivity contribution in [2.24, 2.45) is 0 Å². The fraction of sp³-hybridized carbons (Fsp3) is 0.200. The molecule has 0 fully saturated rings. The summed E-state index contributed by atoms with van der Waals surface area (Å²) in [6, 6.07) is 0. The zero-order chi connectivity index (χ0) is 24.7. The molecule has 0 rings (SSSR count). The average molecular weight is 541 g/mol. The van der Waals surface area contributed by atoms with Crippen LogP contribution in [0.1, 0.15) is 41.5 Å². The second kappa shape index (κ2) is 118. The van der Waals surface area contributed by atoms with Crippen LogP contribution in [0.25, 0.3) is 0 Å². The van der Waals surface area contributed by atoms with Crippen molar-refractivity contribution in [1.82, 2.24) is 0 Å². The van der Waals surface area contributed by atoms with Crippen LogP contribution >= 0.6 is 0 Å². The molecule has 0 aliphatic heterocycles. The second-order valence-electron chi connectivity index (χ2n) is 4.31. The quantitative estimate of drug-likeness (QED) is 0.179. The third kappa shape index (κ3) is 214. The van der Waals surface area contributed by atoms with Crippen molar-refractivity contribution >= 4 is 0 Å². The normalized spacial score (nSPS) is 7.50. The van der Waals surface area contributed by atoms with Gasteiger partial charge in [-0.2, -0.15) is 36.5 Å². The molecule has 0 aliphatic carbocycles. The first kappa shape index (κ1) is 77.2. The molecule has 0 radical (unpaired) electrons. The Hall–Kier alpha value is 2.88. The first-order chi connectivity index (χ1) is 14.5. The van der Waals surface area contributed by atoms with Crippen molar-refractivity contribution in [3.05, 3.63) is 149 Å². The average Bonchev–Trinajstić information content (AvgIpc) is 2.74. The minimum Gasteiger partial charge on any atom is -0.293 e. The van der Waals surface area contributed by atoms with Crippen LogP contribution in [0, 0.1) is 39.5 Å². The predicted octanol–water partition coefficient (Wildman–Crippen LogP) is -8.67. The molecule has 0 aromatic rings. The van der Waals surface area contributed by atoms with Crippen LogP contribution in [-0.4, -0.2) is 0 Å². The first-order valence-electron chi connectivity index (χ1n) is 9.46. The van der Waals surface area contributed by atoms with Crippen molar-refractivity contribution in [3.63, 3.8) is 0 Å². The smallest absolute Gasteiger partial charge is 0.293 e. The third-order valence-corrected chi connectivity index (χ3v) is 1.82. The Morgan fingerprint density at radius 3 is 0.333 bits per heavy atom.